The van der Waals surface area contributed by atoms with E-state index >= 15 is 0 Å². The van der Waals surface area contributed by atoms with E-state index in [0.29, 0.717) is 24.4 Å². The van der Waals surface area contributed by atoms with Gasteiger partial charge in [0.15, 0.2) is 0 Å². The van der Waals surface area contributed by atoms with Crippen LogP contribution in [0.5, 0.6) is 0 Å². The third-order valence-corrected chi connectivity index (χ3v) is 8.01. The molecule has 3 amide bonds. The number of rotatable bonds is 9. The largest absolute Gasteiger partial charge is 0.453 e. The van der Waals surface area contributed by atoms with Gasteiger partial charge in [0.25, 0.3) is 0 Å². The van der Waals surface area contributed by atoms with Crippen molar-refractivity contribution in [3.05, 3.63) is 58.6 Å². The zero-order chi connectivity index (χ0) is 28.1. The van der Waals surface area contributed by atoms with Gasteiger partial charge in [-0.3, -0.25) is 9.59 Å². The number of nitrogens with one attached hydrogen (secondary N) is 2. The van der Waals surface area contributed by atoms with Crippen LogP contribution in [0.4, 0.5) is 4.79 Å². The maximum atomic E-state index is 13.7. The normalized spacial score (nSPS) is 16.7. The molecule has 2 aromatic heterocycles. The highest BCUT2D eigenvalue weighted by Gasteiger charge is 2.40. The fraction of sp³-hybridized carbons (Fsp3) is 0.464. The summed E-state index contributed by atoms with van der Waals surface area (Å²) in [6, 6.07) is 9.02. The van der Waals surface area contributed by atoms with Crippen LogP contribution in [0.2, 0.25) is 0 Å². The molecule has 1 aliphatic rings. The summed E-state index contributed by atoms with van der Waals surface area (Å²) in [4.78, 5) is 45.6. The Labute approximate surface area is 232 Å². The van der Waals surface area contributed by atoms with Gasteiger partial charge in [-0.05, 0) is 43.7 Å². The van der Waals surface area contributed by atoms with Crippen molar-refractivity contribution in [3.8, 4) is 10.4 Å². The minimum atomic E-state index is -0.599. The maximum absolute atomic E-state index is 13.7. The first-order valence-corrected chi connectivity index (χ1v) is 14.0. The molecule has 0 aliphatic carbocycles. The molecule has 39 heavy (non-hydrogen) atoms. The fourth-order valence-corrected chi connectivity index (χ4v) is 5.72. The molecule has 1 fully saturated rings. The average molecular weight is 554 g/mol. The molecule has 0 saturated carbocycles. The number of hydrogen-bond donors (Lipinski definition) is 2. The van der Waals surface area contributed by atoms with Gasteiger partial charge in [-0.2, -0.15) is 0 Å². The topological polar surface area (TPSA) is 127 Å². The molecule has 3 unspecified atom stereocenters. The molecule has 10 nitrogen and oxygen atoms in total. The lowest BCUT2D eigenvalue weighted by Crippen LogP contribution is -2.48. The number of aryl methyl sites for hydroxylation is 1. The first-order valence-electron chi connectivity index (χ1n) is 13.1. The van der Waals surface area contributed by atoms with E-state index in [0.717, 1.165) is 28.1 Å². The van der Waals surface area contributed by atoms with Gasteiger partial charge in [0.2, 0.25) is 11.8 Å². The quantitative estimate of drug-likeness (QED) is 0.397. The molecule has 0 spiro atoms. The molecule has 3 aromatic rings. The second-order valence-electron chi connectivity index (χ2n) is 10.1. The molecule has 1 aromatic carbocycles. The smallest absolute Gasteiger partial charge is 0.407 e. The van der Waals surface area contributed by atoms with E-state index in [-0.39, 0.29) is 30.3 Å². The van der Waals surface area contributed by atoms with E-state index in [2.05, 4.69) is 25.5 Å². The van der Waals surface area contributed by atoms with Crippen LogP contribution in [0.15, 0.2) is 40.4 Å². The van der Waals surface area contributed by atoms with E-state index in [1.807, 2.05) is 57.5 Å². The Hall–Kier alpha value is -3.73. The second-order valence-corrected chi connectivity index (χ2v) is 11.0. The SMILES string of the molecule is COC(=O)NCc1cc(C(C(=O)N2CCCC2C(=O)NC(C)c2ccc(-c3scnc3C)cc2)C(C)C)on1. The van der Waals surface area contributed by atoms with Crippen LogP contribution in [0.25, 0.3) is 10.4 Å². The number of hydrogen-bond acceptors (Lipinski definition) is 8. The molecule has 0 radical (unpaired) electrons. The van der Waals surface area contributed by atoms with Crippen LogP contribution < -0.4 is 10.6 Å². The Morgan fingerprint density at radius 1 is 1.21 bits per heavy atom. The predicted octanol–water partition coefficient (Wildman–Crippen LogP) is 4.57. The Balaban J connectivity index is 1.42. The number of carbonyl (C=O) groups excluding carboxylic acids is 3. The van der Waals surface area contributed by atoms with Crippen molar-refractivity contribution in [1.29, 1.82) is 0 Å². The van der Waals surface area contributed by atoms with E-state index < -0.39 is 18.1 Å². The highest BCUT2D eigenvalue weighted by molar-refractivity contribution is 7.13. The van der Waals surface area contributed by atoms with Crippen LogP contribution in [-0.2, 0) is 20.9 Å². The maximum Gasteiger partial charge on any atom is 0.407 e. The van der Waals surface area contributed by atoms with Crippen LogP contribution in [0.3, 0.4) is 0 Å². The van der Waals surface area contributed by atoms with Gasteiger partial charge in [-0.15, -0.1) is 11.3 Å². The number of carbonyl (C=O) groups is 3. The van der Waals surface area contributed by atoms with Gasteiger partial charge < -0.3 is 24.8 Å². The molecule has 0 bridgehead atoms. The molecular formula is C28H35N5O5S. The minimum Gasteiger partial charge on any atom is -0.453 e. The van der Waals surface area contributed by atoms with E-state index in [1.165, 1.54) is 7.11 Å². The number of alkyl carbamates (subject to hydrolysis) is 1. The summed E-state index contributed by atoms with van der Waals surface area (Å²) < 4.78 is 10.1. The number of amides is 3. The molecular weight excluding hydrogens is 518 g/mol. The van der Waals surface area contributed by atoms with Gasteiger partial charge >= 0.3 is 6.09 Å². The van der Waals surface area contributed by atoms with E-state index in [9.17, 15) is 14.4 Å². The zero-order valence-corrected chi connectivity index (χ0v) is 23.7. The molecule has 4 rings (SSSR count). The van der Waals surface area contributed by atoms with E-state index in [1.54, 1.807) is 22.3 Å². The average Bonchev–Trinajstić information content (AvgIpc) is 3.68. The summed E-state index contributed by atoms with van der Waals surface area (Å²) in [6.07, 6.45) is 0.766. The van der Waals surface area contributed by atoms with Crippen LogP contribution in [0.1, 0.15) is 68.3 Å². The molecule has 2 N–H and O–H groups in total. The van der Waals surface area contributed by atoms with Crippen molar-refractivity contribution in [2.45, 2.75) is 65.1 Å². The van der Waals surface area contributed by atoms with E-state index in [4.69, 9.17) is 4.52 Å². The lowest BCUT2D eigenvalue weighted by molar-refractivity contribution is -0.141. The lowest BCUT2D eigenvalue weighted by atomic mass is 9.91. The number of methoxy groups -OCH3 is 1. The zero-order valence-electron chi connectivity index (χ0n) is 22.9. The van der Waals surface area contributed by atoms with Crippen molar-refractivity contribution in [2.24, 2.45) is 5.92 Å². The first-order chi connectivity index (χ1) is 18.7. The van der Waals surface area contributed by atoms with Crippen LogP contribution >= 0.6 is 11.3 Å². The summed E-state index contributed by atoms with van der Waals surface area (Å²) >= 11 is 1.60. The fourth-order valence-electron chi connectivity index (χ4n) is 4.91. The number of aromatic nitrogens is 2. The van der Waals surface area contributed by atoms with Crippen molar-refractivity contribution in [2.75, 3.05) is 13.7 Å². The standard InChI is InChI=1S/C28H35N5O5S/c1-16(2)24(23-13-21(32-38-23)14-29-28(36)37-5)27(35)33-12-6-7-22(33)26(34)31-17(3)19-8-10-20(11-9-19)25-18(4)30-15-39-25/h8-11,13,15-17,22,24H,6-7,12,14H2,1-5H3,(H,29,36)(H,31,34). The first kappa shape index (κ1) is 28.3. The molecule has 11 heteroatoms. The number of ether oxygens (including phenoxy) is 1. The van der Waals surface area contributed by atoms with Crippen molar-refractivity contribution in [3.63, 3.8) is 0 Å². The highest BCUT2D eigenvalue weighted by Crippen LogP contribution is 2.32. The van der Waals surface area contributed by atoms with Gasteiger partial charge in [0.1, 0.15) is 23.4 Å². The number of benzene rings is 1. The molecule has 3 atom stereocenters. The summed E-state index contributed by atoms with van der Waals surface area (Å²) in [5.74, 6) is -0.608. The van der Waals surface area contributed by atoms with Crippen LogP contribution in [-0.4, -0.2) is 52.6 Å². The summed E-state index contributed by atoms with van der Waals surface area (Å²) in [5.41, 5.74) is 5.40. The Morgan fingerprint density at radius 2 is 1.95 bits per heavy atom. The number of thiazole rings is 1. The molecule has 208 valence electrons. The molecule has 3 heterocycles. The lowest BCUT2D eigenvalue weighted by Gasteiger charge is -2.29. The van der Waals surface area contributed by atoms with Gasteiger partial charge in [0, 0.05) is 12.6 Å². The minimum absolute atomic E-state index is 0.0872. The third kappa shape index (κ3) is 6.47. The van der Waals surface area contributed by atoms with Gasteiger partial charge in [0.05, 0.1) is 35.8 Å². The number of nitrogens with zero attached hydrogens (tertiary/aromatic N) is 3. The van der Waals surface area contributed by atoms with Gasteiger partial charge in [-0.1, -0.05) is 43.3 Å². The van der Waals surface area contributed by atoms with Gasteiger partial charge in [-0.25, -0.2) is 9.78 Å². The summed E-state index contributed by atoms with van der Waals surface area (Å²) in [5, 5.41) is 9.64. The summed E-state index contributed by atoms with van der Waals surface area (Å²) in [6.45, 7) is 8.42. The monoisotopic (exact) mass is 553 g/mol. The van der Waals surface area contributed by atoms with Crippen molar-refractivity contribution < 1.29 is 23.6 Å². The Morgan fingerprint density at radius 3 is 2.59 bits per heavy atom. The molecule has 1 aliphatic heterocycles. The highest BCUT2D eigenvalue weighted by atomic mass is 32.1. The second kappa shape index (κ2) is 12.4. The third-order valence-electron chi connectivity index (χ3n) is 7.03. The van der Waals surface area contributed by atoms with Crippen molar-refractivity contribution >= 4 is 29.2 Å². The predicted molar refractivity (Wildman–Crippen MR) is 147 cm³/mol. The Bertz CT molecular complexity index is 1300. The van der Waals surface area contributed by atoms with Crippen molar-refractivity contribution in [1.82, 2.24) is 25.7 Å². The summed E-state index contributed by atoms with van der Waals surface area (Å²) in [7, 11) is 1.28. The Kier molecular flexibility index (Phi) is 9.01. The van der Waals surface area contributed by atoms with Crippen LogP contribution in [0, 0.1) is 12.8 Å². The number of likely N-dealkylation sites (tertiary alicyclic amines) is 1. The molecule has 1 saturated heterocycles.